The van der Waals surface area contributed by atoms with Crippen molar-refractivity contribution in [3.63, 3.8) is 0 Å². The number of nitrogens with one attached hydrogen (secondary N) is 1. The fourth-order valence-electron chi connectivity index (χ4n) is 2.52. The summed E-state index contributed by atoms with van der Waals surface area (Å²) in [5.74, 6) is 0.259. The van der Waals surface area contributed by atoms with Crippen LogP contribution >= 0.6 is 0 Å². The van der Waals surface area contributed by atoms with Crippen molar-refractivity contribution in [2.45, 2.75) is 13.0 Å². The summed E-state index contributed by atoms with van der Waals surface area (Å²) in [6, 6.07) is 10.9. The highest BCUT2D eigenvalue weighted by molar-refractivity contribution is 6.09. The predicted octanol–water partition coefficient (Wildman–Crippen LogP) is 1.85. The molecule has 5 nitrogen and oxygen atoms in total. The number of rotatable bonds is 3. The van der Waals surface area contributed by atoms with Crippen molar-refractivity contribution >= 4 is 17.6 Å². The maximum atomic E-state index is 12.5. The summed E-state index contributed by atoms with van der Waals surface area (Å²) < 4.78 is 0. The highest BCUT2D eigenvalue weighted by Gasteiger charge is 2.30. The van der Waals surface area contributed by atoms with Crippen molar-refractivity contribution in [1.29, 1.82) is 0 Å². The van der Waals surface area contributed by atoms with E-state index >= 15 is 0 Å². The molecule has 2 heterocycles. The van der Waals surface area contributed by atoms with Gasteiger partial charge in [-0.25, -0.2) is 4.98 Å². The van der Waals surface area contributed by atoms with E-state index in [0.29, 0.717) is 11.4 Å². The molecule has 0 unspecified atom stereocenters. The van der Waals surface area contributed by atoms with Crippen LogP contribution in [0.5, 0.6) is 0 Å². The van der Waals surface area contributed by atoms with Crippen LogP contribution < -0.4 is 5.32 Å². The lowest BCUT2D eigenvalue weighted by Gasteiger charge is -2.27. The minimum atomic E-state index is -0.243. The first-order valence-electron chi connectivity index (χ1n) is 6.75. The van der Waals surface area contributed by atoms with Gasteiger partial charge in [0.25, 0.3) is 5.91 Å². The van der Waals surface area contributed by atoms with Crippen molar-refractivity contribution in [2.24, 2.45) is 0 Å². The molecule has 1 aromatic heterocycles. The molecule has 106 valence electrons. The summed E-state index contributed by atoms with van der Waals surface area (Å²) in [6.07, 6.45) is 1.93. The average Bonchev–Trinajstić information content (AvgIpc) is 2.52. The Kier molecular flexibility index (Phi) is 3.39. The zero-order chi connectivity index (χ0) is 14.8. The number of hydrogen-bond donors (Lipinski definition) is 1. The number of pyridine rings is 1. The summed E-state index contributed by atoms with van der Waals surface area (Å²) in [6.45, 7) is 0.232. The molecule has 1 aliphatic heterocycles. The van der Waals surface area contributed by atoms with Crippen molar-refractivity contribution in [1.82, 2.24) is 9.88 Å². The lowest BCUT2D eigenvalue weighted by Crippen LogP contribution is -2.41. The van der Waals surface area contributed by atoms with E-state index in [2.05, 4.69) is 10.3 Å². The second-order valence-corrected chi connectivity index (χ2v) is 4.88. The van der Waals surface area contributed by atoms with Crippen molar-refractivity contribution in [3.8, 4) is 0 Å². The van der Waals surface area contributed by atoms with Gasteiger partial charge in [-0.15, -0.1) is 0 Å². The van der Waals surface area contributed by atoms with Crippen LogP contribution in [0.25, 0.3) is 0 Å². The van der Waals surface area contributed by atoms with Gasteiger partial charge in [0.2, 0.25) is 5.91 Å². The molecule has 0 atom stereocenters. The molecule has 5 heteroatoms. The second kappa shape index (κ2) is 5.36. The third-order valence-electron chi connectivity index (χ3n) is 3.59. The quantitative estimate of drug-likeness (QED) is 0.872. The number of aromatic nitrogens is 1. The van der Waals surface area contributed by atoms with Crippen LogP contribution in [-0.2, 0) is 17.8 Å². The van der Waals surface area contributed by atoms with Crippen molar-refractivity contribution in [2.75, 3.05) is 12.4 Å². The van der Waals surface area contributed by atoms with Gasteiger partial charge in [-0.3, -0.25) is 14.5 Å². The molecular formula is C16H15N3O2. The number of hydrogen-bond acceptors (Lipinski definition) is 4. The van der Waals surface area contributed by atoms with Gasteiger partial charge in [-0.2, -0.15) is 0 Å². The summed E-state index contributed by atoms with van der Waals surface area (Å²) in [5, 5.41) is 2.97. The van der Waals surface area contributed by atoms with Gasteiger partial charge < -0.3 is 5.32 Å². The Balaban J connectivity index is 1.93. The van der Waals surface area contributed by atoms with Gasteiger partial charge in [0, 0.05) is 24.4 Å². The number of carbonyl (C=O) groups excluding carboxylic acids is 2. The number of amides is 2. The number of anilines is 1. The average molecular weight is 281 g/mol. The van der Waals surface area contributed by atoms with Gasteiger partial charge in [0.15, 0.2) is 0 Å². The molecule has 0 fully saturated rings. The molecule has 0 spiro atoms. The van der Waals surface area contributed by atoms with Crippen LogP contribution in [0.15, 0.2) is 42.6 Å². The molecule has 0 saturated heterocycles. The van der Waals surface area contributed by atoms with Gasteiger partial charge in [0.1, 0.15) is 5.82 Å². The minimum Gasteiger partial charge on any atom is -0.373 e. The molecule has 0 aliphatic carbocycles. The maximum absolute atomic E-state index is 12.5. The Morgan fingerprint density at radius 1 is 1.19 bits per heavy atom. The van der Waals surface area contributed by atoms with E-state index in [4.69, 9.17) is 0 Å². The van der Waals surface area contributed by atoms with Crippen LogP contribution in [0.2, 0.25) is 0 Å². The predicted molar refractivity (Wildman–Crippen MR) is 78.8 cm³/mol. The smallest absolute Gasteiger partial charge is 0.261 e. The molecule has 0 radical (unpaired) electrons. The summed E-state index contributed by atoms with van der Waals surface area (Å²) in [4.78, 5) is 30.2. The summed E-state index contributed by atoms with van der Waals surface area (Å²) in [5.41, 5.74) is 2.22. The molecule has 2 aromatic rings. The van der Waals surface area contributed by atoms with Gasteiger partial charge in [-0.1, -0.05) is 24.3 Å². The Morgan fingerprint density at radius 2 is 2.00 bits per heavy atom. The van der Waals surface area contributed by atoms with E-state index in [-0.39, 0.29) is 24.8 Å². The fourth-order valence-corrected chi connectivity index (χ4v) is 2.52. The van der Waals surface area contributed by atoms with E-state index in [1.54, 1.807) is 25.4 Å². The molecule has 3 rings (SSSR count). The Bertz CT molecular complexity index is 712. The van der Waals surface area contributed by atoms with Crippen LogP contribution in [0.3, 0.4) is 0 Å². The van der Waals surface area contributed by atoms with E-state index in [9.17, 15) is 9.59 Å². The molecule has 0 bridgehead atoms. The summed E-state index contributed by atoms with van der Waals surface area (Å²) in [7, 11) is 1.76. The summed E-state index contributed by atoms with van der Waals surface area (Å²) >= 11 is 0. The Morgan fingerprint density at radius 3 is 2.81 bits per heavy atom. The van der Waals surface area contributed by atoms with Crippen LogP contribution in [0.1, 0.15) is 21.5 Å². The normalized spacial score (nSPS) is 14.0. The number of fused-ring (bicyclic) bond motifs is 1. The zero-order valence-electron chi connectivity index (χ0n) is 11.7. The molecular weight excluding hydrogens is 266 g/mol. The Hall–Kier alpha value is -2.69. The van der Waals surface area contributed by atoms with Gasteiger partial charge in [0.05, 0.1) is 13.0 Å². The lowest BCUT2D eigenvalue weighted by molar-refractivity contribution is -0.128. The van der Waals surface area contributed by atoms with Crippen LogP contribution in [-0.4, -0.2) is 28.7 Å². The highest BCUT2D eigenvalue weighted by Crippen LogP contribution is 2.23. The van der Waals surface area contributed by atoms with Gasteiger partial charge in [-0.05, 0) is 17.7 Å². The third kappa shape index (κ3) is 2.38. The monoisotopic (exact) mass is 281 g/mol. The number of nitrogens with zero attached hydrogens (tertiary/aromatic N) is 2. The first kappa shape index (κ1) is 13.3. The molecule has 1 N–H and O–H groups in total. The van der Waals surface area contributed by atoms with Gasteiger partial charge >= 0.3 is 0 Å². The Labute approximate surface area is 122 Å². The first-order valence-corrected chi connectivity index (χ1v) is 6.75. The second-order valence-electron chi connectivity index (χ2n) is 4.88. The fraction of sp³-hybridized carbons (Fsp3) is 0.188. The lowest BCUT2D eigenvalue weighted by atomic mass is 9.98. The highest BCUT2D eigenvalue weighted by atomic mass is 16.2. The molecule has 21 heavy (non-hydrogen) atoms. The topological polar surface area (TPSA) is 62.3 Å². The SMILES string of the molecule is CNc1ncccc1CN1C(=O)Cc2ccccc2C1=O. The van der Waals surface area contributed by atoms with Crippen LogP contribution in [0, 0.1) is 0 Å². The first-order chi connectivity index (χ1) is 10.2. The maximum Gasteiger partial charge on any atom is 0.261 e. The van der Waals surface area contributed by atoms with E-state index in [1.807, 2.05) is 24.3 Å². The standard InChI is InChI=1S/C16H15N3O2/c1-17-15-12(6-4-8-18-15)10-19-14(20)9-11-5-2-3-7-13(11)16(19)21/h2-8H,9-10H2,1H3,(H,17,18). The zero-order valence-corrected chi connectivity index (χ0v) is 11.7. The van der Waals surface area contributed by atoms with Crippen molar-refractivity contribution in [3.05, 3.63) is 59.3 Å². The van der Waals surface area contributed by atoms with E-state index < -0.39 is 0 Å². The molecule has 0 saturated carbocycles. The van der Waals surface area contributed by atoms with Crippen molar-refractivity contribution < 1.29 is 9.59 Å². The minimum absolute atomic E-state index is 0.176. The number of carbonyl (C=O) groups is 2. The molecule has 1 aromatic carbocycles. The van der Waals surface area contributed by atoms with E-state index in [0.717, 1.165) is 11.1 Å². The largest absolute Gasteiger partial charge is 0.373 e. The molecule has 2 amide bonds. The van der Waals surface area contributed by atoms with Crippen LogP contribution in [0.4, 0.5) is 5.82 Å². The molecule has 1 aliphatic rings. The third-order valence-corrected chi connectivity index (χ3v) is 3.59. The number of imide groups is 1. The van der Waals surface area contributed by atoms with E-state index in [1.165, 1.54) is 4.90 Å². The number of benzene rings is 1.